The fourth-order valence-electron chi connectivity index (χ4n) is 2.53. The third-order valence-electron chi connectivity index (χ3n) is 3.83. The first-order valence-electron chi connectivity index (χ1n) is 7.53. The largest absolute Gasteiger partial charge is 0.496 e. The molecule has 0 aliphatic carbocycles. The highest BCUT2D eigenvalue weighted by Gasteiger charge is 2.17. The Labute approximate surface area is 131 Å². The lowest BCUT2D eigenvalue weighted by Crippen LogP contribution is -2.49. The van der Waals surface area contributed by atoms with Gasteiger partial charge in [-0.15, -0.1) is 0 Å². The number of hydrogen-bond acceptors (Lipinski definition) is 4. The van der Waals surface area contributed by atoms with E-state index in [4.69, 9.17) is 4.74 Å². The molecular formula is C16H23N3O3. The van der Waals surface area contributed by atoms with E-state index in [9.17, 15) is 9.59 Å². The lowest BCUT2D eigenvalue weighted by atomic mass is 10.1. The van der Waals surface area contributed by atoms with Gasteiger partial charge in [0, 0.05) is 32.7 Å². The molecule has 0 atom stereocenters. The summed E-state index contributed by atoms with van der Waals surface area (Å²) in [5, 5.41) is 2.94. The number of carbonyl (C=O) groups is 2. The predicted molar refractivity (Wildman–Crippen MR) is 83.8 cm³/mol. The van der Waals surface area contributed by atoms with Crippen LogP contribution in [0.15, 0.2) is 24.3 Å². The van der Waals surface area contributed by atoms with Crippen LogP contribution in [0.1, 0.15) is 5.56 Å². The van der Waals surface area contributed by atoms with E-state index >= 15 is 0 Å². The molecule has 6 heteroatoms. The zero-order chi connectivity index (χ0) is 15.8. The van der Waals surface area contributed by atoms with Crippen LogP contribution < -0.4 is 10.1 Å². The van der Waals surface area contributed by atoms with Crippen molar-refractivity contribution in [3.63, 3.8) is 0 Å². The van der Waals surface area contributed by atoms with Gasteiger partial charge in [0.2, 0.25) is 12.3 Å². The number of para-hydroxylation sites is 1. The number of rotatable bonds is 7. The number of nitrogens with zero attached hydrogens (tertiary/aromatic N) is 2. The zero-order valence-electron chi connectivity index (χ0n) is 13.0. The maximum absolute atomic E-state index is 11.9. The van der Waals surface area contributed by atoms with Crippen LogP contribution in [0.3, 0.4) is 0 Å². The third kappa shape index (κ3) is 4.73. The minimum atomic E-state index is 0.0226. The number of hydrogen-bond donors (Lipinski definition) is 1. The van der Waals surface area contributed by atoms with Crippen molar-refractivity contribution in [3.8, 4) is 5.75 Å². The number of nitrogens with one attached hydrogen (secondary N) is 1. The van der Waals surface area contributed by atoms with Gasteiger partial charge in [-0.25, -0.2) is 0 Å². The summed E-state index contributed by atoms with van der Waals surface area (Å²) in [6.07, 6.45) is 1.61. The van der Waals surface area contributed by atoms with Gasteiger partial charge in [-0.05, 0) is 18.1 Å². The lowest BCUT2D eigenvalue weighted by Gasteiger charge is -2.31. The fraction of sp³-hybridized carbons (Fsp3) is 0.500. The van der Waals surface area contributed by atoms with E-state index in [0.717, 1.165) is 37.2 Å². The first-order chi connectivity index (χ1) is 10.7. The Kier molecular flexibility index (Phi) is 6.21. The van der Waals surface area contributed by atoms with Gasteiger partial charge in [0.15, 0.2) is 0 Å². The molecule has 0 radical (unpaired) electrons. The number of methoxy groups -OCH3 is 1. The molecule has 2 amide bonds. The van der Waals surface area contributed by atoms with E-state index < -0.39 is 0 Å². The summed E-state index contributed by atoms with van der Waals surface area (Å²) in [6.45, 7) is 3.86. The van der Waals surface area contributed by atoms with Gasteiger partial charge in [-0.2, -0.15) is 0 Å². The van der Waals surface area contributed by atoms with Gasteiger partial charge >= 0.3 is 0 Å². The smallest absolute Gasteiger partial charge is 0.234 e. The Morgan fingerprint density at radius 2 is 2.00 bits per heavy atom. The topological polar surface area (TPSA) is 61.9 Å². The molecule has 0 saturated carbocycles. The summed E-state index contributed by atoms with van der Waals surface area (Å²) < 4.78 is 5.29. The Balaban J connectivity index is 1.69. The normalized spacial score (nSPS) is 15.4. The standard InChI is InChI=1S/C16H23N3O3/c1-22-15-5-3-2-4-14(15)6-7-17-16(21)12-18-8-10-19(13-20)11-9-18/h2-5,13H,6-12H2,1H3,(H,17,21). The van der Waals surface area contributed by atoms with Crippen molar-refractivity contribution in [2.45, 2.75) is 6.42 Å². The molecule has 0 bridgehead atoms. The maximum atomic E-state index is 11.9. The number of ether oxygens (including phenoxy) is 1. The lowest BCUT2D eigenvalue weighted by molar-refractivity contribution is -0.123. The van der Waals surface area contributed by atoms with E-state index in [2.05, 4.69) is 10.2 Å². The zero-order valence-corrected chi connectivity index (χ0v) is 13.0. The van der Waals surface area contributed by atoms with Crippen molar-refractivity contribution in [1.29, 1.82) is 0 Å². The molecule has 0 unspecified atom stereocenters. The summed E-state index contributed by atoms with van der Waals surface area (Å²) >= 11 is 0. The molecule has 1 saturated heterocycles. The Morgan fingerprint density at radius 1 is 1.27 bits per heavy atom. The molecule has 22 heavy (non-hydrogen) atoms. The second-order valence-corrected chi connectivity index (χ2v) is 5.33. The van der Waals surface area contributed by atoms with Crippen LogP contribution in [0.5, 0.6) is 5.75 Å². The first kappa shape index (κ1) is 16.3. The average molecular weight is 305 g/mol. The van der Waals surface area contributed by atoms with Gasteiger partial charge in [0.1, 0.15) is 5.75 Å². The molecule has 0 spiro atoms. The van der Waals surface area contributed by atoms with Crippen molar-refractivity contribution >= 4 is 12.3 Å². The Hall–Kier alpha value is -2.08. The van der Waals surface area contributed by atoms with Gasteiger partial charge in [0.05, 0.1) is 13.7 Å². The molecule has 1 fully saturated rings. The number of benzene rings is 1. The van der Waals surface area contributed by atoms with Crippen LogP contribution in [0.4, 0.5) is 0 Å². The van der Waals surface area contributed by atoms with Crippen LogP contribution >= 0.6 is 0 Å². The quantitative estimate of drug-likeness (QED) is 0.727. The molecule has 6 nitrogen and oxygen atoms in total. The summed E-state index contributed by atoms with van der Waals surface area (Å²) in [4.78, 5) is 26.4. The predicted octanol–water partition coefficient (Wildman–Crippen LogP) is 0.128. The second kappa shape index (κ2) is 8.38. The highest BCUT2D eigenvalue weighted by atomic mass is 16.5. The Bertz CT molecular complexity index is 499. The van der Waals surface area contributed by atoms with E-state index in [-0.39, 0.29) is 5.91 Å². The van der Waals surface area contributed by atoms with Crippen molar-refractivity contribution in [2.24, 2.45) is 0 Å². The van der Waals surface area contributed by atoms with Crippen LogP contribution in [0, 0.1) is 0 Å². The minimum absolute atomic E-state index is 0.0226. The Morgan fingerprint density at radius 3 is 2.68 bits per heavy atom. The molecule has 120 valence electrons. The van der Waals surface area contributed by atoms with Crippen LogP contribution in [-0.4, -0.2) is 68.5 Å². The minimum Gasteiger partial charge on any atom is -0.496 e. The molecule has 1 heterocycles. The molecule has 1 aliphatic rings. The molecule has 1 aromatic rings. The number of amides is 2. The first-order valence-corrected chi connectivity index (χ1v) is 7.53. The SMILES string of the molecule is COc1ccccc1CCNC(=O)CN1CCN(C=O)CC1. The van der Waals surface area contributed by atoms with Crippen molar-refractivity contribution in [1.82, 2.24) is 15.1 Å². The van der Waals surface area contributed by atoms with Crippen molar-refractivity contribution in [2.75, 3.05) is 46.4 Å². The van der Waals surface area contributed by atoms with Crippen LogP contribution in [-0.2, 0) is 16.0 Å². The summed E-state index contributed by atoms with van der Waals surface area (Å²) in [5.41, 5.74) is 1.09. The summed E-state index contributed by atoms with van der Waals surface area (Å²) in [5.74, 6) is 0.871. The fourth-order valence-corrected chi connectivity index (χ4v) is 2.53. The maximum Gasteiger partial charge on any atom is 0.234 e. The van der Waals surface area contributed by atoms with E-state index in [1.165, 1.54) is 0 Å². The van der Waals surface area contributed by atoms with E-state index in [0.29, 0.717) is 26.2 Å². The second-order valence-electron chi connectivity index (χ2n) is 5.33. The molecule has 1 N–H and O–H groups in total. The van der Waals surface area contributed by atoms with Crippen molar-refractivity contribution < 1.29 is 14.3 Å². The molecule has 0 aromatic heterocycles. The average Bonchev–Trinajstić information content (AvgIpc) is 2.56. The van der Waals surface area contributed by atoms with Crippen molar-refractivity contribution in [3.05, 3.63) is 29.8 Å². The molecule has 2 rings (SSSR count). The summed E-state index contributed by atoms with van der Waals surface area (Å²) in [6, 6.07) is 7.82. The highest BCUT2D eigenvalue weighted by Crippen LogP contribution is 2.17. The monoisotopic (exact) mass is 305 g/mol. The van der Waals surface area contributed by atoms with Gasteiger partial charge in [0.25, 0.3) is 0 Å². The van der Waals surface area contributed by atoms with Gasteiger partial charge < -0.3 is 15.0 Å². The van der Waals surface area contributed by atoms with Crippen LogP contribution in [0.2, 0.25) is 0 Å². The molecule has 1 aromatic carbocycles. The van der Waals surface area contributed by atoms with E-state index in [1.807, 2.05) is 24.3 Å². The molecular weight excluding hydrogens is 282 g/mol. The van der Waals surface area contributed by atoms with Gasteiger partial charge in [-0.1, -0.05) is 18.2 Å². The van der Waals surface area contributed by atoms with Gasteiger partial charge in [-0.3, -0.25) is 14.5 Å². The highest BCUT2D eigenvalue weighted by molar-refractivity contribution is 5.78. The number of piperazine rings is 1. The van der Waals surface area contributed by atoms with E-state index in [1.54, 1.807) is 12.0 Å². The molecule has 1 aliphatic heterocycles. The third-order valence-corrected chi connectivity index (χ3v) is 3.83. The number of carbonyl (C=O) groups excluding carboxylic acids is 2. The summed E-state index contributed by atoms with van der Waals surface area (Å²) in [7, 11) is 1.65. The van der Waals surface area contributed by atoms with Crippen LogP contribution in [0.25, 0.3) is 0 Å².